The smallest absolute Gasteiger partial charge is 0.138 e. The number of fused-ring (bicyclic) bond motifs is 6. The number of aromatic nitrogens is 4. The van der Waals surface area contributed by atoms with E-state index in [1.165, 1.54) is 238 Å². The Morgan fingerprint density at radius 2 is 0.659 bits per heavy atom. The highest BCUT2D eigenvalue weighted by molar-refractivity contribution is 7.26. The lowest BCUT2D eigenvalue weighted by molar-refractivity contribution is 0.661. The lowest BCUT2D eigenvalue weighted by Crippen LogP contribution is -2.14. The molecule has 4 aliphatic rings. The van der Waals surface area contributed by atoms with Crippen LogP contribution in [0.3, 0.4) is 0 Å². The fraction of sp³-hybridized carbons (Fsp3) is 0.0259. The lowest BCUT2D eigenvalue weighted by Gasteiger charge is -2.22. The van der Waals surface area contributed by atoms with Crippen molar-refractivity contribution in [1.29, 1.82) is 0 Å². The van der Waals surface area contributed by atoms with Crippen LogP contribution >= 0.6 is 22.7 Å². The van der Waals surface area contributed by atoms with Crippen LogP contribution in [-0.4, -0.2) is 18.7 Å². The number of hydrogen-bond acceptors (Lipinski definition) is 4. The van der Waals surface area contributed by atoms with Crippen LogP contribution in [0.5, 0.6) is 0 Å². The maximum absolute atomic E-state index is 6.26. The molecule has 0 amide bonds. The first-order valence-electron chi connectivity index (χ1n) is 42.5. The van der Waals surface area contributed by atoms with Crippen LogP contribution in [0.4, 0.5) is 0 Å². The molecule has 4 aliphatic carbocycles. The standard InChI is InChI=1S/C43H27NO.C40H23NS.C33H18N2S/c1-43(2)31-15-6-13-28-29-14-7-16-33-40(29)42-34(22-20-24-19-21-32(43)41(37(24)42)39(28)31)44(33)26-10-5-9-25(23-26)27-12-8-18-36-38(27)30-11-3-4-17-35(30)45-36;1-2-8-24(9-3-1)26-10-4-11-27(22-26)28-12-5-13-29(23-28)41-32-16-6-14-30-31-15-7-17-34-38(31)40-35(42-34)21-19-25-18-20-33(41)39(36(25)40)37(30)32;1-2-7-19(8-3-1)23-11-6-14-28(34-23)35-24-12-4-9-21-22-10-5-13-26-31(22)33-27(36-26)18-16-20-15-17-25(35)32(29(20)33)30(21)24/h3-23H,1-2H3;1-23H;1-18H. The number of benzene rings is 19. The van der Waals surface area contributed by atoms with Crippen LogP contribution < -0.4 is 0 Å². The molecule has 123 heavy (non-hydrogen) atoms. The summed E-state index contributed by atoms with van der Waals surface area (Å²) in [7, 11) is 0. The number of para-hydroxylation sites is 1. The minimum Gasteiger partial charge on any atom is -0.456 e. The first kappa shape index (κ1) is 67.6. The summed E-state index contributed by atoms with van der Waals surface area (Å²) in [5.41, 5.74) is 34.7. The van der Waals surface area contributed by atoms with Crippen LogP contribution in [-0.2, 0) is 5.41 Å². The number of thiophene rings is 2. The van der Waals surface area contributed by atoms with Crippen molar-refractivity contribution in [1.82, 2.24) is 18.7 Å². The first-order valence-corrected chi connectivity index (χ1v) is 44.1. The van der Waals surface area contributed by atoms with Gasteiger partial charge in [-0.05, 0) is 226 Å². The number of pyridine rings is 1. The Morgan fingerprint density at radius 1 is 0.244 bits per heavy atom. The summed E-state index contributed by atoms with van der Waals surface area (Å²) < 4.78 is 19.0. The molecule has 5 nitrogen and oxygen atoms in total. The van der Waals surface area contributed by atoms with Gasteiger partial charge in [-0.2, -0.15) is 0 Å². The summed E-state index contributed by atoms with van der Waals surface area (Å²) in [5, 5.41) is 24.1. The van der Waals surface area contributed by atoms with Gasteiger partial charge in [-0.1, -0.05) is 275 Å². The SMILES string of the molecule is CC1(C)c2cccc3c2-c2c1ccc1ccc4c(c21)c1c-3cccc1n4-c1cccc(-c2cccc3oc4ccccc4c23)c1.c1ccc(-c2cccc(-c3cccc(-n4c5cccc6c5c5c7c(ccc8sc9cccc-6c9c87)ccc54)c3)c2)cc1.c1ccc(-c2cccc(-n3c4cccc5c4c4c6c(ccc7sc8cccc-5c8c76)ccc43)n2)cc1. The average Bonchev–Trinajstić information content (AvgIpc) is 1.53. The van der Waals surface area contributed by atoms with Crippen molar-refractivity contribution in [2.75, 3.05) is 0 Å². The van der Waals surface area contributed by atoms with Gasteiger partial charge in [0.15, 0.2) is 0 Å². The first-order chi connectivity index (χ1) is 60.8. The zero-order valence-corrected chi connectivity index (χ0v) is 68.4. The molecule has 0 spiro atoms. The van der Waals surface area contributed by atoms with Gasteiger partial charge in [-0.25, -0.2) is 4.98 Å². The molecule has 7 heteroatoms. The van der Waals surface area contributed by atoms with E-state index in [4.69, 9.17) is 9.40 Å². The number of nitrogens with zero attached hydrogens (tertiary/aromatic N) is 4. The normalized spacial score (nSPS) is 13.0. The topological polar surface area (TPSA) is 40.8 Å². The molecule has 0 unspecified atom stereocenters. The predicted octanol–water partition coefficient (Wildman–Crippen LogP) is 32.8. The zero-order valence-electron chi connectivity index (χ0n) is 66.8. The van der Waals surface area contributed by atoms with E-state index in [1.54, 1.807) is 0 Å². The molecule has 19 aromatic carbocycles. The fourth-order valence-electron chi connectivity index (χ4n) is 22.4. The van der Waals surface area contributed by atoms with Gasteiger partial charge < -0.3 is 13.6 Å². The molecule has 570 valence electrons. The van der Waals surface area contributed by atoms with E-state index in [0.717, 1.165) is 39.3 Å². The van der Waals surface area contributed by atoms with Gasteiger partial charge in [-0.15, -0.1) is 22.7 Å². The van der Waals surface area contributed by atoms with Crippen molar-refractivity contribution in [2.45, 2.75) is 19.3 Å². The second kappa shape index (κ2) is 24.9. The highest BCUT2D eigenvalue weighted by Crippen LogP contribution is 2.61. The molecule has 30 rings (SSSR count). The van der Waals surface area contributed by atoms with Crippen LogP contribution in [0.1, 0.15) is 25.0 Å². The highest BCUT2D eigenvalue weighted by atomic mass is 32.1. The van der Waals surface area contributed by atoms with Crippen molar-refractivity contribution in [2.24, 2.45) is 0 Å². The van der Waals surface area contributed by atoms with Crippen molar-refractivity contribution >= 4 is 183 Å². The quantitative estimate of drug-likeness (QED) is 0.160. The van der Waals surface area contributed by atoms with E-state index in [1.807, 2.05) is 34.8 Å². The summed E-state index contributed by atoms with van der Waals surface area (Å²) in [6.07, 6.45) is 0. The summed E-state index contributed by atoms with van der Waals surface area (Å²) >= 11 is 3.82. The Balaban J connectivity index is 0.0000000952. The largest absolute Gasteiger partial charge is 0.456 e. The monoisotopic (exact) mass is 1600 g/mol. The molecule has 26 aromatic rings. The molecule has 0 saturated heterocycles. The number of hydrogen-bond donors (Lipinski definition) is 0. The van der Waals surface area contributed by atoms with Gasteiger partial charge in [0.1, 0.15) is 17.0 Å². The van der Waals surface area contributed by atoms with Gasteiger partial charge in [-0.3, -0.25) is 4.57 Å². The molecule has 0 bridgehead atoms. The van der Waals surface area contributed by atoms with E-state index in [-0.39, 0.29) is 5.41 Å². The second-order valence-corrected chi connectivity index (χ2v) is 36.3. The summed E-state index contributed by atoms with van der Waals surface area (Å²) in [4.78, 5) is 5.17. The Morgan fingerprint density at radius 3 is 1.30 bits per heavy atom. The Bertz CT molecular complexity index is 9240. The van der Waals surface area contributed by atoms with Gasteiger partial charge >= 0.3 is 0 Å². The van der Waals surface area contributed by atoms with E-state index in [0.29, 0.717) is 0 Å². The van der Waals surface area contributed by atoms with E-state index in [2.05, 4.69) is 392 Å². The summed E-state index contributed by atoms with van der Waals surface area (Å²) in [6.45, 7) is 4.77. The van der Waals surface area contributed by atoms with E-state index < -0.39 is 0 Å². The third-order valence-corrected chi connectivity index (χ3v) is 29.8. The van der Waals surface area contributed by atoms with Crippen molar-refractivity contribution in [3.05, 3.63) is 387 Å². The van der Waals surface area contributed by atoms with E-state index >= 15 is 0 Å². The van der Waals surface area contributed by atoms with Crippen molar-refractivity contribution in [3.8, 4) is 106 Å². The van der Waals surface area contributed by atoms with Crippen LogP contribution in [0.25, 0.3) is 266 Å². The molecule has 0 N–H and O–H groups in total. The predicted molar refractivity (Wildman–Crippen MR) is 522 cm³/mol. The van der Waals surface area contributed by atoms with Crippen molar-refractivity contribution in [3.63, 3.8) is 0 Å². The Labute approximate surface area is 713 Å². The second-order valence-electron chi connectivity index (χ2n) is 34.1. The van der Waals surface area contributed by atoms with Crippen LogP contribution in [0.2, 0.25) is 0 Å². The van der Waals surface area contributed by atoms with Gasteiger partial charge in [0, 0.05) is 117 Å². The maximum atomic E-state index is 6.26. The van der Waals surface area contributed by atoms with Gasteiger partial charge in [0.05, 0.1) is 38.8 Å². The highest BCUT2D eigenvalue weighted by Gasteiger charge is 2.41. The molecule has 0 atom stereocenters. The Hall–Kier alpha value is -15.3. The molecule has 0 saturated carbocycles. The van der Waals surface area contributed by atoms with Gasteiger partial charge in [0.25, 0.3) is 0 Å². The van der Waals surface area contributed by atoms with Crippen molar-refractivity contribution < 1.29 is 4.42 Å². The third kappa shape index (κ3) is 9.26. The summed E-state index contributed by atoms with van der Waals surface area (Å²) in [6, 6.07) is 138. The third-order valence-electron chi connectivity index (χ3n) is 27.5. The van der Waals surface area contributed by atoms with Crippen LogP contribution in [0.15, 0.2) is 381 Å². The molecular weight excluding hydrogens is 1530 g/mol. The lowest BCUT2D eigenvalue weighted by atomic mass is 9.81. The number of rotatable bonds is 7. The molecule has 0 radical (unpaired) electrons. The molecule has 7 heterocycles. The molecular formula is C116H68N4OS2. The minimum atomic E-state index is -0.0440. The number of furan rings is 1. The fourth-order valence-corrected chi connectivity index (χ4v) is 24.7. The molecule has 0 aliphatic heterocycles. The molecule has 7 aromatic heterocycles. The van der Waals surface area contributed by atoms with Crippen LogP contribution in [0, 0.1) is 0 Å². The van der Waals surface area contributed by atoms with E-state index in [9.17, 15) is 0 Å². The Kier molecular flexibility index (Phi) is 13.7. The minimum absolute atomic E-state index is 0.0440. The van der Waals surface area contributed by atoms with Gasteiger partial charge in [0.2, 0.25) is 0 Å². The summed E-state index contributed by atoms with van der Waals surface area (Å²) in [5.74, 6) is 0.948. The zero-order chi connectivity index (χ0) is 80.3. The maximum Gasteiger partial charge on any atom is 0.138 e. The average molecular weight is 1600 g/mol. The molecule has 0 fully saturated rings.